The van der Waals surface area contributed by atoms with Crippen LogP contribution in [0.15, 0.2) is 194 Å². The van der Waals surface area contributed by atoms with Crippen molar-refractivity contribution >= 4 is 32.3 Å². The smallest absolute Gasteiger partial charge is 0.160 e. The molecule has 57 heavy (non-hydrogen) atoms. The molecule has 0 saturated heterocycles. The van der Waals surface area contributed by atoms with Gasteiger partial charge in [-0.3, -0.25) is 0 Å². The van der Waals surface area contributed by atoms with Crippen LogP contribution in [0.4, 0.5) is 0 Å². The van der Waals surface area contributed by atoms with E-state index in [0.717, 1.165) is 28.1 Å². The molecule has 10 aromatic rings. The van der Waals surface area contributed by atoms with E-state index < -0.39 is 0 Å². The lowest BCUT2D eigenvalue weighted by Gasteiger charge is -2.25. The van der Waals surface area contributed by atoms with Crippen molar-refractivity contribution < 1.29 is 0 Å². The van der Waals surface area contributed by atoms with Crippen LogP contribution in [-0.4, -0.2) is 9.97 Å². The Morgan fingerprint density at radius 2 is 0.807 bits per heavy atom. The van der Waals surface area contributed by atoms with E-state index in [-0.39, 0.29) is 5.41 Å². The van der Waals surface area contributed by atoms with Gasteiger partial charge in [0.1, 0.15) is 0 Å². The Hall–Kier alpha value is -7.16. The first-order valence-electron chi connectivity index (χ1n) is 19.7. The minimum atomic E-state index is -0.157. The van der Waals surface area contributed by atoms with Gasteiger partial charge in [-0.1, -0.05) is 196 Å². The van der Waals surface area contributed by atoms with Crippen LogP contribution in [0.1, 0.15) is 25.0 Å². The van der Waals surface area contributed by atoms with Crippen molar-refractivity contribution in [2.45, 2.75) is 19.3 Å². The fraction of sp³-hybridized carbons (Fsp3) is 0.0545. The summed E-state index contributed by atoms with van der Waals surface area (Å²) in [4.78, 5) is 10.2. The van der Waals surface area contributed by atoms with E-state index in [4.69, 9.17) is 9.97 Å². The predicted octanol–water partition coefficient (Wildman–Crippen LogP) is 14.6. The fourth-order valence-corrected chi connectivity index (χ4v) is 9.34. The topological polar surface area (TPSA) is 25.8 Å². The lowest BCUT2D eigenvalue weighted by Crippen LogP contribution is -2.16. The molecule has 0 amide bonds. The van der Waals surface area contributed by atoms with Gasteiger partial charge in [-0.2, -0.15) is 0 Å². The van der Waals surface area contributed by atoms with Crippen LogP contribution >= 0.6 is 0 Å². The summed E-state index contributed by atoms with van der Waals surface area (Å²) in [5.74, 6) is 0.715. The van der Waals surface area contributed by atoms with Gasteiger partial charge in [0.15, 0.2) is 5.82 Å². The van der Waals surface area contributed by atoms with Crippen LogP contribution in [0.25, 0.3) is 99.6 Å². The number of aromatic nitrogens is 2. The number of hydrogen-bond acceptors (Lipinski definition) is 2. The van der Waals surface area contributed by atoms with E-state index in [1.54, 1.807) is 0 Å². The molecule has 0 unspecified atom stereocenters. The largest absolute Gasteiger partial charge is 0.228 e. The molecule has 2 nitrogen and oxygen atoms in total. The molecule has 1 aromatic heterocycles. The molecule has 1 aliphatic rings. The predicted molar refractivity (Wildman–Crippen MR) is 239 cm³/mol. The highest BCUT2D eigenvalue weighted by Gasteiger charge is 2.39. The quantitative estimate of drug-likeness (QED) is 0.165. The van der Waals surface area contributed by atoms with Crippen molar-refractivity contribution in [3.63, 3.8) is 0 Å². The first-order chi connectivity index (χ1) is 28.0. The van der Waals surface area contributed by atoms with Crippen molar-refractivity contribution in [2.24, 2.45) is 0 Å². The number of fused-ring (bicyclic) bond motifs is 10. The molecule has 0 atom stereocenters. The summed E-state index contributed by atoms with van der Waals surface area (Å²) in [5.41, 5.74) is 15.1. The van der Waals surface area contributed by atoms with Gasteiger partial charge >= 0.3 is 0 Å². The monoisotopic (exact) mass is 726 g/mol. The average molecular weight is 727 g/mol. The first-order valence-corrected chi connectivity index (χ1v) is 19.7. The molecule has 9 aromatic carbocycles. The molecule has 2 heteroatoms. The third-order valence-corrected chi connectivity index (χ3v) is 12.0. The maximum Gasteiger partial charge on any atom is 0.160 e. The van der Waals surface area contributed by atoms with Crippen LogP contribution in [0.5, 0.6) is 0 Å². The van der Waals surface area contributed by atoms with Gasteiger partial charge in [-0.15, -0.1) is 0 Å². The minimum absolute atomic E-state index is 0.157. The molecular weight excluding hydrogens is 689 g/mol. The van der Waals surface area contributed by atoms with Gasteiger partial charge in [-0.25, -0.2) is 9.97 Å². The highest BCUT2D eigenvalue weighted by Crippen LogP contribution is 2.56. The molecular formula is C55H38N2. The maximum atomic E-state index is 5.10. The van der Waals surface area contributed by atoms with E-state index in [9.17, 15) is 0 Å². The second-order valence-electron chi connectivity index (χ2n) is 15.7. The van der Waals surface area contributed by atoms with Crippen LogP contribution in [0.2, 0.25) is 0 Å². The molecule has 1 heterocycles. The Morgan fingerprint density at radius 1 is 0.333 bits per heavy atom. The molecule has 0 N–H and O–H groups in total. The first kappa shape index (κ1) is 33.2. The Bertz CT molecular complexity index is 3160. The minimum Gasteiger partial charge on any atom is -0.228 e. The van der Waals surface area contributed by atoms with Crippen molar-refractivity contribution in [1.29, 1.82) is 0 Å². The van der Waals surface area contributed by atoms with E-state index in [0.29, 0.717) is 5.82 Å². The molecule has 0 saturated carbocycles. The highest BCUT2D eigenvalue weighted by atomic mass is 14.9. The molecule has 0 fully saturated rings. The van der Waals surface area contributed by atoms with E-state index in [2.05, 4.69) is 184 Å². The van der Waals surface area contributed by atoms with Crippen LogP contribution in [-0.2, 0) is 5.41 Å². The number of nitrogens with zero attached hydrogens (tertiary/aromatic N) is 2. The summed E-state index contributed by atoms with van der Waals surface area (Å²) in [5, 5.41) is 7.92. The summed E-state index contributed by atoms with van der Waals surface area (Å²) in [6.07, 6.45) is 0. The van der Waals surface area contributed by atoms with E-state index >= 15 is 0 Å². The molecule has 0 spiro atoms. The number of benzene rings is 9. The summed E-state index contributed by atoms with van der Waals surface area (Å²) in [6.45, 7) is 4.82. The summed E-state index contributed by atoms with van der Waals surface area (Å²) < 4.78 is 0. The van der Waals surface area contributed by atoms with Crippen LogP contribution < -0.4 is 0 Å². The highest BCUT2D eigenvalue weighted by molar-refractivity contribution is 6.19. The zero-order valence-corrected chi connectivity index (χ0v) is 31.9. The lowest BCUT2D eigenvalue weighted by atomic mass is 9.77. The van der Waals surface area contributed by atoms with Crippen molar-refractivity contribution in [2.75, 3.05) is 0 Å². The van der Waals surface area contributed by atoms with Crippen molar-refractivity contribution in [1.82, 2.24) is 9.97 Å². The second kappa shape index (κ2) is 13.0. The van der Waals surface area contributed by atoms with Crippen LogP contribution in [0.3, 0.4) is 0 Å². The Kier molecular flexibility index (Phi) is 7.55. The summed E-state index contributed by atoms with van der Waals surface area (Å²) in [7, 11) is 0. The lowest BCUT2D eigenvalue weighted by molar-refractivity contribution is 0.672. The van der Waals surface area contributed by atoms with Gasteiger partial charge in [0.2, 0.25) is 0 Å². The molecule has 0 bridgehead atoms. The zero-order chi connectivity index (χ0) is 38.1. The Labute approximate surface area is 332 Å². The maximum absolute atomic E-state index is 5.10. The Balaban J connectivity index is 0.967. The zero-order valence-electron chi connectivity index (χ0n) is 31.9. The van der Waals surface area contributed by atoms with Crippen molar-refractivity contribution in [3.05, 3.63) is 205 Å². The van der Waals surface area contributed by atoms with Crippen LogP contribution in [0, 0.1) is 0 Å². The van der Waals surface area contributed by atoms with E-state index in [1.165, 1.54) is 76.8 Å². The standard InChI is InChI=1S/C55H38N2/c1-55(2)52-43-31-29-41(33-42(43)30-32-48(52)51-46-19-11-9-17-44(46)45-18-10-12-20-47(45)53(51)55)37-23-27-39(28-24-37)50-34-49(56-54(57-50)40-15-7-4-8-16-40)38-25-21-36(22-26-38)35-13-5-3-6-14-35/h3-34H,1-2H3. The molecule has 0 aliphatic heterocycles. The average Bonchev–Trinajstić information content (AvgIpc) is 3.53. The molecule has 0 radical (unpaired) electrons. The number of rotatable bonds is 5. The van der Waals surface area contributed by atoms with Gasteiger partial charge in [0, 0.05) is 22.1 Å². The normalized spacial score (nSPS) is 12.9. The van der Waals surface area contributed by atoms with Gasteiger partial charge in [-0.05, 0) is 89.0 Å². The van der Waals surface area contributed by atoms with Gasteiger partial charge in [0.25, 0.3) is 0 Å². The van der Waals surface area contributed by atoms with Gasteiger partial charge < -0.3 is 0 Å². The van der Waals surface area contributed by atoms with Gasteiger partial charge in [0.05, 0.1) is 11.4 Å². The summed E-state index contributed by atoms with van der Waals surface area (Å²) >= 11 is 0. The molecule has 268 valence electrons. The third-order valence-electron chi connectivity index (χ3n) is 12.0. The Morgan fingerprint density at radius 3 is 1.44 bits per heavy atom. The molecule has 1 aliphatic carbocycles. The SMILES string of the molecule is CC1(C)c2c(ccc3cc(-c4ccc(-c5cc(-c6ccc(-c7ccccc7)cc6)nc(-c6ccccc6)n5)cc4)ccc23)-c2c1c1ccccc1c1ccccc21. The fourth-order valence-electron chi connectivity index (χ4n) is 9.34. The third kappa shape index (κ3) is 5.40. The second-order valence-corrected chi connectivity index (χ2v) is 15.7. The van der Waals surface area contributed by atoms with E-state index in [1.807, 2.05) is 24.3 Å². The summed E-state index contributed by atoms with van der Waals surface area (Å²) in [6, 6.07) is 69.9. The number of hydrogen-bond donors (Lipinski definition) is 0. The van der Waals surface area contributed by atoms with Crippen molar-refractivity contribution in [3.8, 4) is 67.3 Å². The molecule has 11 rings (SSSR count).